The Morgan fingerprint density at radius 3 is 2.32 bits per heavy atom. The standard InChI is InChI=1S/C25H25F3N4O6S.C2H6/c1-14(2)13-39(35,36)19-8-6-5-7-18(19)37-17-10-9-15(11-16(17)25(26,27)28)21-29-20(38-31-21)12-32-22(33)24(3,4)30-23(32)34;1-2/h5-11,14H,12-13H2,1-4H3,(H,30,34);1-2H3. The molecule has 1 N–H and O–H groups in total. The van der Waals surface area contributed by atoms with E-state index in [-0.39, 0.29) is 46.1 Å². The average molecular weight is 597 g/mol. The molecule has 0 bridgehead atoms. The predicted octanol–water partition coefficient (Wildman–Crippen LogP) is 5.83. The van der Waals surface area contributed by atoms with Crippen molar-refractivity contribution in [2.75, 3.05) is 5.75 Å². The Hall–Kier alpha value is -3.94. The monoisotopic (exact) mass is 596 g/mol. The van der Waals surface area contributed by atoms with Gasteiger partial charge in [0.1, 0.15) is 28.5 Å². The first kappa shape index (κ1) is 31.6. The molecule has 14 heteroatoms. The second kappa shape index (κ2) is 11.9. The van der Waals surface area contributed by atoms with Gasteiger partial charge in [0.25, 0.3) is 5.91 Å². The number of halogens is 3. The largest absolute Gasteiger partial charge is 0.455 e. The number of nitrogens with one attached hydrogen (secondary N) is 1. The smallest absolute Gasteiger partial charge is 0.420 e. The first-order chi connectivity index (χ1) is 19.1. The molecule has 0 aliphatic carbocycles. The molecule has 41 heavy (non-hydrogen) atoms. The molecule has 1 aromatic heterocycles. The normalized spacial score (nSPS) is 15.0. The number of imide groups is 1. The molecule has 3 amide bonds. The van der Waals surface area contributed by atoms with Crippen molar-refractivity contribution in [1.29, 1.82) is 0 Å². The van der Waals surface area contributed by atoms with Gasteiger partial charge in [-0.25, -0.2) is 13.2 Å². The van der Waals surface area contributed by atoms with Crippen LogP contribution in [0.4, 0.5) is 18.0 Å². The minimum Gasteiger partial charge on any atom is -0.455 e. The fraction of sp³-hybridized carbons (Fsp3) is 0.407. The lowest BCUT2D eigenvalue weighted by Crippen LogP contribution is -2.40. The molecule has 4 rings (SSSR count). The highest BCUT2D eigenvalue weighted by molar-refractivity contribution is 7.91. The molecule has 0 saturated carbocycles. The number of hydrogen-bond acceptors (Lipinski definition) is 8. The Kier molecular flexibility index (Phi) is 9.16. The molecule has 0 radical (unpaired) electrons. The van der Waals surface area contributed by atoms with Gasteiger partial charge >= 0.3 is 12.2 Å². The number of carbonyl (C=O) groups is 2. The molecular formula is C27H31F3N4O6S. The van der Waals surface area contributed by atoms with Crippen LogP contribution < -0.4 is 10.1 Å². The van der Waals surface area contributed by atoms with E-state index in [0.29, 0.717) is 0 Å². The SMILES string of the molecule is CC.CC(C)CS(=O)(=O)c1ccccc1Oc1ccc(-c2noc(CN3C(=O)NC(C)(C)C3=O)n2)cc1C(F)(F)F. The molecule has 3 aromatic rings. The lowest BCUT2D eigenvalue weighted by molar-refractivity contribution is -0.138. The number of ether oxygens (including phenoxy) is 1. The Morgan fingerprint density at radius 1 is 1.07 bits per heavy atom. The number of para-hydroxylation sites is 1. The van der Waals surface area contributed by atoms with Crippen LogP contribution >= 0.6 is 0 Å². The third kappa shape index (κ3) is 7.04. The molecule has 1 fully saturated rings. The molecule has 1 saturated heterocycles. The number of nitrogens with zero attached hydrogens (tertiary/aromatic N) is 3. The van der Waals surface area contributed by atoms with E-state index in [4.69, 9.17) is 9.26 Å². The third-order valence-electron chi connectivity index (χ3n) is 5.71. The zero-order valence-corrected chi connectivity index (χ0v) is 24.2. The van der Waals surface area contributed by atoms with E-state index in [2.05, 4.69) is 15.5 Å². The van der Waals surface area contributed by atoms with Crippen LogP contribution in [0.25, 0.3) is 11.4 Å². The zero-order valence-electron chi connectivity index (χ0n) is 23.4. The first-order valence-electron chi connectivity index (χ1n) is 12.8. The van der Waals surface area contributed by atoms with Gasteiger partial charge in [0, 0.05) is 5.56 Å². The Morgan fingerprint density at radius 2 is 1.73 bits per heavy atom. The first-order valence-corrected chi connectivity index (χ1v) is 14.4. The summed E-state index contributed by atoms with van der Waals surface area (Å²) in [6.07, 6.45) is -4.88. The van der Waals surface area contributed by atoms with Crippen LogP contribution in [0.1, 0.15) is 53.0 Å². The van der Waals surface area contributed by atoms with Gasteiger partial charge in [-0.15, -0.1) is 0 Å². The van der Waals surface area contributed by atoms with Gasteiger partial charge in [0.2, 0.25) is 11.7 Å². The Labute approximate surface area is 235 Å². The van der Waals surface area contributed by atoms with E-state index >= 15 is 0 Å². The topological polar surface area (TPSA) is 132 Å². The van der Waals surface area contributed by atoms with Gasteiger partial charge in [0.15, 0.2) is 9.84 Å². The van der Waals surface area contributed by atoms with Gasteiger partial charge in [-0.05, 0) is 50.1 Å². The average Bonchev–Trinajstić information content (AvgIpc) is 3.42. The summed E-state index contributed by atoms with van der Waals surface area (Å²) in [6.45, 7) is 10.1. The van der Waals surface area contributed by atoms with Gasteiger partial charge < -0.3 is 14.6 Å². The van der Waals surface area contributed by atoms with E-state index in [9.17, 15) is 31.2 Å². The summed E-state index contributed by atoms with van der Waals surface area (Å²) in [7, 11) is -3.83. The lowest BCUT2D eigenvalue weighted by atomic mass is 10.1. The highest BCUT2D eigenvalue weighted by Gasteiger charge is 2.45. The maximum absolute atomic E-state index is 14.0. The highest BCUT2D eigenvalue weighted by atomic mass is 32.2. The molecule has 1 aliphatic heterocycles. The fourth-order valence-electron chi connectivity index (χ4n) is 3.95. The maximum Gasteiger partial charge on any atom is 0.420 e. The predicted molar refractivity (Wildman–Crippen MR) is 143 cm³/mol. The van der Waals surface area contributed by atoms with Crippen molar-refractivity contribution < 1.29 is 40.4 Å². The van der Waals surface area contributed by atoms with E-state index in [1.165, 1.54) is 44.2 Å². The number of carbonyl (C=O) groups excluding carboxylic acids is 2. The number of amides is 3. The van der Waals surface area contributed by atoms with Gasteiger partial charge in [-0.1, -0.05) is 45.0 Å². The van der Waals surface area contributed by atoms with Crippen molar-refractivity contribution in [3.8, 4) is 22.9 Å². The molecule has 0 spiro atoms. The third-order valence-corrected chi connectivity index (χ3v) is 7.82. The van der Waals surface area contributed by atoms with Crippen LogP contribution in [0.5, 0.6) is 11.5 Å². The van der Waals surface area contributed by atoms with Crippen molar-refractivity contribution in [3.63, 3.8) is 0 Å². The molecule has 2 heterocycles. The highest BCUT2D eigenvalue weighted by Crippen LogP contribution is 2.41. The summed E-state index contributed by atoms with van der Waals surface area (Å²) < 4.78 is 78.3. The minimum atomic E-state index is -4.88. The number of rotatable bonds is 8. The zero-order chi connectivity index (χ0) is 30.8. The number of benzene rings is 2. The lowest BCUT2D eigenvalue weighted by Gasteiger charge is -2.17. The number of hydrogen-bond donors (Lipinski definition) is 1. The van der Waals surface area contributed by atoms with Crippen LogP contribution in [0.2, 0.25) is 0 Å². The Balaban J connectivity index is 0.00000226. The van der Waals surface area contributed by atoms with E-state index < -0.39 is 44.8 Å². The van der Waals surface area contributed by atoms with Crippen LogP contribution in [-0.2, 0) is 27.4 Å². The quantitative estimate of drug-likeness (QED) is 0.321. The fourth-order valence-corrected chi connectivity index (χ4v) is 5.71. The van der Waals surface area contributed by atoms with E-state index in [1.54, 1.807) is 13.8 Å². The van der Waals surface area contributed by atoms with Crippen molar-refractivity contribution in [2.45, 2.75) is 64.7 Å². The van der Waals surface area contributed by atoms with Crippen LogP contribution in [0.3, 0.4) is 0 Å². The number of alkyl halides is 3. The van der Waals surface area contributed by atoms with Crippen molar-refractivity contribution in [2.24, 2.45) is 5.92 Å². The van der Waals surface area contributed by atoms with E-state index in [0.717, 1.165) is 17.0 Å². The maximum atomic E-state index is 14.0. The summed E-state index contributed by atoms with van der Waals surface area (Å²) >= 11 is 0. The van der Waals surface area contributed by atoms with Crippen LogP contribution in [0.15, 0.2) is 51.9 Å². The van der Waals surface area contributed by atoms with Crippen LogP contribution in [0, 0.1) is 5.92 Å². The number of sulfone groups is 1. The summed E-state index contributed by atoms with van der Waals surface area (Å²) in [6, 6.07) is 7.83. The molecule has 222 valence electrons. The summed E-state index contributed by atoms with van der Waals surface area (Å²) in [5, 5.41) is 6.18. The molecule has 2 aromatic carbocycles. The molecule has 0 unspecified atom stereocenters. The Bertz CT molecular complexity index is 1530. The van der Waals surface area contributed by atoms with Gasteiger partial charge in [-0.3, -0.25) is 9.69 Å². The van der Waals surface area contributed by atoms with Crippen molar-refractivity contribution >= 4 is 21.8 Å². The molecular weight excluding hydrogens is 565 g/mol. The van der Waals surface area contributed by atoms with Gasteiger partial charge in [-0.2, -0.15) is 18.2 Å². The second-order valence-corrected chi connectivity index (χ2v) is 11.9. The summed E-state index contributed by atoms with van der Waals surface area (Å²) in [5.41, 5.74) is -2.40. The number of aromatic nitrogens is 2. The van der Waals surface area contributed by atoms with Crippen molar-refractivity contribution in [1.82, 2.24) is 20.4 Å². The molecule has 1 aliphatic rings. The summed E-state index contributed by atoms with van der Waals surface area (Å²) in [5.74, 6) is -2.18. The number of urea groups is 1. The second-order valence-electron chi connectivity index (χ2n) is 9.89. The van der Waals surface area contributed by atoms with Crippen molar-refractivity contribution in [3.05, 3.63) is 53.9 Å². The summed E-state index contributed by atoms with van der Waals surface area (Å²) in [4.78, 5) is 29.1. The molecule has 10 nitrogen and oxygen atoms in total. The minimum absolute atomic E-state index is 0.0806. The molecule has 0 atom stereocenters. The van der Waals surface area contributed by atoms with Crippen LogP contribution in [-0.4, -0.2) is 46.7 Å². The van der Waals surface area contributed by atoms with E-state index in [1.807, 2.05) is 13.8 Å². The van der Waals surface area contributed by atoms with Gasteiger partial charge in [0.05, 0.1) is 11.3 Å².